The summed E-state index contributed by atoms with van der Waals surface area (Å²) < 4.78 is 48.9. The monoisotopic (exact) mass is 488 g/mol. The fourth-order valence-corrected chi connectivity index (χ4v) is 5.65. The van der Waals surface area contributed by atoms with Crippen molar-refractivity contribution in [2.24, 2.45) is 11.3 Å². The second-order valence-electron chi connectivity index (χ2n) is 10.4. The maximum atomic E-state index is 12.6. The summed E-state index contributed by atoms with van der Waals surface area (Å²) in [6.07, 6.45) is -1.59. The van der Waals surface area contributed by atoms with Gasteiger partial charge in [0.25, 0.3) is 0 Å². The van der Waals surface area contributed by atoms with E-state index in [9.17, 15) is 18.0 Å². The van der Waals surface area contributed by atoms with E-state index < -0.39 is 12.3 Å². The number of carbonyl (C=O) groups is 1. The van der Waals surface area contributed by atoms with Gasteiger partial charge in [-0.3, -0.25) is 0 Å². The van der Waals surface area contributed by atoms with Crippen molar-refractivity contribution in [2.45, 2.75) is 65.3 Å². The molecule has 0 spiro atoms. The Morgan fingerprint density at radius 1 is 1.14 bits per heavy atom. The zero-order valence-electron chi connectivity index (χ0n) is 20.6. The van der Waals surface area contributed by atoms with Gasteiger partial charge >= 0.3 is 12.3 Å². The van der Waals surface area contributed by atoms with E-state index in [1.165, 1.54) is 19.2 Å². The molecule has 3 atom stereocenters. The summed E-state index contributed by atoms with van der Waals surface area (Å²) in [4.78, 5) is 17.1. The molecule has 1 aliphatic carbocycles. The third kappa shape index (κ3) is 5.46. The van der Waals surface area contributed by atoms with E-state index in [1.807, 2.05) is 13.0 Å². The molecule has 2 aromatic carbocycles. The average Bonchev–Trinajstić information content (AvgIpc) is 3.15. The van der Waals surface area contributed by atoms with Crippen LogP contribution in [0.2, 0.25) is 0 Å². The molecule has 0 aliphatic heterocycles. The standard InChI is InChI=1S/C27H31F3N2O3/c1-16-12-20(15-26(3,4)14-16)32-23-11-8-19(25(33)34-5)13-22(23)31-24(32)17(2)18-6-9-21(10-7-18)35-27(28,29)30/h6-11,13,16-17,20H,12,14-15H2,1-5H3/t16-,17-,20+/m1/s1. The molecule has 4 rings (SSSR count). The summed E-state index contributed by atoms with van der Waals surface area (Å²) in [7, 11) is 1.34. The molecule has 0 N–H and O–H groups in total. The number of rotatable bonds is 5. The van der Waals surface area contributed by atoms with Crippen LogP contribution in [0.15, 0.2) is 42.5 Å². The van der Waals surface area contributed by atoms with Gasteiger partial charge in [-0.05, 0) is 66.5 Å². The van der Waals surface area contributed by atoms with Gasteiger partial charge in [0.1, 0.15) is 11.6 Å². The maximum absolute atomic E-state index is 12.6. The molecule has 8 heteroatoms. The lowest BCUT2D eigenvalue weighted by atomic mass is 9.70. The minimum absolute atomic E-state index is 0.169. The number of fused-ring (bicyclic) bond motifs is 1. The number of hydrogen-bond acceptors (Lipinski definition) is 4. The van der Waals surface area contributed by atoms with Crippen LogP contribution in [0.1, 0.15) is 80.7 Å². The molecule has 3 aromatic rings. The van der Waals surface area contributed by atoms with Gasteiger partial charge in [0.05, 0.1) is 23.7 Å². The van der Waals surface area contributed by atoms with E-state index in [4.69, 9.17) is 9.72 Å². The Labute approximate surface area is 203 Å². The number of aromatic nitrogens is 2. The number of hydrogen-bond donors (Lipinski definition) is 0. The largest absolute Gasteiger partial charge is 0.573 e. The Hall–Kier alpha value is -3.03. The fraction of sp³-hybridized carbons (Fsp3) is 0.481. The number of imidazole rings is 1. The van der Waals surface area contributed by atoms with Gasteiger partial charge in [-0.2, -0.15) is 0 Å². The normalized spacial score (nSPS) is 21.0. The zero-order valence-corrected chi connectivity index (χ0v) is 20.6. The van der Waals surface area contributed by atoms with Crippen molar-refractivity contribution in [3.05, 3.63) is 59.4 Å². The number of ether oxygens (including phenoxy) is 2. The van der Waals surface area contributed by atoms with Crippen molar-refractivity contribution in [2.75, 3.05) is 7.11 Å². The van der Waals surface area contributed by atoms with E-state index >= 15 is 0 Å². The Bertz CT molecular complexity index is 1210. The average molecular weight is 489 g/mol. The van der Waals surface area contributed by atoms with E-state index in [1.54, 1.807) is 24.3 Å². The molecule has 35 heavy (non-hydrogen) atoms. The molecule has 5 nitrogen and oxygen atoms in total. The highest BCUT2D eigenvalue weighted by Crippen LogP contribution is 2.46. The molecule has 0 radical (unpaired) electrons. The smallest absolute Gasteiger partial charge is 0.465 e. The molecule has 188 valence electrons. The number of halogens is 3. The second kappa shape index (κ2) is 9.21. The van der Waals surface area contributed by atoms with Crippen molar-refractivity contribution < 1.29 is 27.4 Å². The van der Waals surface area contributed by atoms with Crippen molar-refractivity contribution in [1.82, 2.24) is 9.55 Å². The van der Waals surface area contributed by atoms with Crippen molar-refractivity contribution in [3.63, 3.8) is 0 Å². The number of esters is 1. The van der Waals surface area contributed by atoms with Crippen molar-refractivity contribution in [1.29, 1.82) is 0 Å². The number of alkyl halides is 3. The molecular formula is C27H31F3N2O3. The lowest BCUT2D eigenvalue weighted by molar-refractivity contribution is -0.274. The van der Waals surface area contributed by atoms with Crippen LogP contribution >= 0.6 is 0 Å². The van der Waals surface area contributed by atoms with Crippen LogP contribution in [-0.2, 0) is 4.74 Å². The molecule has 1 aromatic heterocycles. The number of methoxy groups -OCH3 is 1. The van der Waals surface area contributed by atoms with E-state index in [-0.39, 0.29) is 23.1 Å². The van der Waals surface area contributed by atoms with Gasteiger partial charge in [-0.25, -0.2) is 9.78 Å². The first kappa shape index (κ1) is 25.1. The van der Waals surface area contributed by atoms with E-state index in [0.29, 0.717) is 17.0 Å². The van der Waals surface area contributed by atoms with Crippen LogP contribution < -0.4 is 4.74 Å². The molecule has 1 heterocycles. The van der Waals surface area contributed by atoms with Crippen molar-refractivity contribution >= 4 is 17.0 Å². The van der Waals surface area contributed by atoms with Crippen LogP contribution in [0.25, 0.3) is 11.0 Å². The summed E-state index contributed by atoms with van der Waals surface area (Å²) in [6, 6.07) is 11.6. The Kier molecular flexibility index (Phi) is 6.60. The van der Waals surface area contributed by atoms with Gasteiger partial charge in [0, 0.05) is 12.0 Å². The lowest BCUT2D eigenvalue weighted by Gasteiger charge is -2.40. The second-order valence-corrected chi connectivity index (χ2v) is 10.4. The van der Waals surface area contributed by atoms with Gasteiger partial charge in [0.15, 0.2) is 0 Å². The van der Waals surface area contributed by atoms with Crippen LogP contribution in [0.4, 0.5) is 13.2 Å². The summed E-state index contributed by atoms with van der Waals surface area (Å²) in [5, 5.41) is 0. The first-order valence-electron chi connectivity index (χ1n) is 11.8. The molecule has 0 saturated heterocycles. The molecule has 1 saturated carbocycles. The molecule has 0 amide bonds. The minimum atomic E-state index is -4.73. The third-order valence-electron chi connectivity index (χ3n) is 6.87. The third-order valence-corrected chi connectivity index (χ3v) is 6.87. The summed E-state index contributed by atoms with van der Waals surface area (Å²) in [5.41, 5.74) is 3.05. The predicted octanol–water partition coefficient (Wildman–Crippen LogP) is 7.26. The number of carbonyl (C=O) groups excluding carboxylic acids is 1. The van der Waals surface area contributed by atoms with Crippen LogP contribution in [0.3, 0.4) is 0 Å². The topological polar surface area (TPSA) is 53.4 Å². The van der Waals surface area contributed by atoms with Gasteiger partial charge in [-0.1, -0.05) is 39.8 Å². The summed E-state index contributed by atoms with van der Waals surface area (Å²) in [6.45, 7) is 8.83. The summed E-state index contributed by atoms with van der Waals surface area (Å²) in [5.74, 6) is 0.486. The summed E-state index contributed by atoms with van der Waals surface area (Å²) >= 11 is 0. The lowest BCUT2D eigenvalue weighted by Crippen LogP contribution is -2.30. The molecular weight excluding hydrogens is 457 g/mol. The quantitative estimate of drug-likeness (QED) is 0.355. The van der Waals surface area contributed by atoms with Gasteiger partial charge in [0.2, 0.25) is 0 Å². The Morgan fingerprint density at radius 2 is 1.83 bits per heavy atom. The Balaban J connectivity index is 1.79. The predicted molar refractivity (Wildman–Crippen MR) is 128 cm³/mol. The first-order chi connectivity index (χ1) is 16.4. The minimum Gasteiger partial charge on any atom is -0.465 e. The van der Waals surface area contributed by atoms with E-state index in [2.05, 4.69) is 30.1 Å². The highest BCUT2D eigenvalue weighted by molar-refractivity contribution is 5.93. The molecule has 1 aliphatic rings. The van der Waals surface area contributed by atoms with Crippen LogP contribution in [-0.4, -0.2) is 29.0 Å². The Morgan fingerprint density at radius 3 is 2.43 bits per heavy atom. The maximum Gasteiger partial charge on any atom is 0.573 e. The molecule has 0 unspecified atom stereocenters. The molecule has 0 bridgehead atoms. The van der Waals surface area contributed by atoms with Crippen molar-refractivity contribution in [3.8, 4) is 5.75 Å². The highest BCUT2D eigenvalue weighted by atomic mass is 19.4. The van der Waals surface area contributed by atoms with Crippen LogP contribution in [0, 0.1) is 11.3 Å². The highest BCUT2D eigenvalue weighted by Gasteiger charge is 2.35. The van der Waals surface area contributed by atoms with Gasteiger partial charge < -0.3 is 14.0 Å². The van der Waals surface area contributed by atoms with Crippen LogP contribution in [0.5, 0.6) is 5.75 Å². The first-order valence-corrected chi connectivity index (χ1v) is 11.8. The SMILES string of the molecule is COC(=O)c1ccc2c(c1)nc([C@H](C)c1ccc(OC(F)(F)F)cc1)n2[C@H]1C[C@@H](C)CC(C)(C)C1. The van der Waals surface area contributed by atoms with Gasteiger partial charge in [-0.15, -0.1) is 13.2 Å². The number of nitrogens with zero attached hydrogens (tertiary/aromatic N) is 2. The molecule has 1 fully saturated rings. The number of benzene rings is 2. The zero-order chi connectivity index (χ0) is 25.5. The fourth-order valence-electron chi connectivity index (χ4n) is 5.65. The van der Waals surface area contributed by atoms with E-state index in [0.717, 1.165) is 36.2 Å².